The molecule has 4 rings (SSSR count). The molecular weight excluding hydrogens is 370 g/mol. The molecule has 2 aromatic heterocycles. The molecule has 0 amide bonds. The lowest BCUT2D eigenvalue weighted by Gasteiger charge is -2.11. The predicted octanol–water partition coefficient (Wildman–Crippen LogP) is 3.94. The molecule has 0 unspecified atom stereocenters. The summed E-state index contributed by atoms with van der Waals surface area (Å²) in [7, 11) is 0. The first-order valence-corrected chi connectivity index (χ1v) is 9.77. The van der Waals surface area contributed by atoms with Gasteiger partial charge in [0.1, 0.15) is 22.5 Å². The van der Waals surface area contributed by atoms with Crippen LogP contribution in [0.5, 0.6) is 11.5 Å². The molecule has 0 saturated heterocycles. The number of hydrogen-bond donors (Lipinski definition) is 0. The van der Waals surface area contributed by atoms with E-state index < -0.39 is 45.5 Å². The van der Waals surface area contributed by atoms with Gasteiger partial charge in [-0.1, -0.05) is 36.4 Å². The van der Waals surface area contributed by atoms with Crippen molar-refractivity contribution in [3.8, 4) is 11.5 Å². The number of para-hydroxylation sites is 2. The number of hydrogen-bond acceptors (Lipinski definition) is 5. The fourth-order valence-electron chi connectivity index (χ4n) is 2.48. The molecule has 4 aromatic rings. The SMILES string of the molecule is [2H]c1ccc2ccc(C([2H])([2H])[2H])nc2c1[O][Al][O][Al][O]c1c([2H])ccc2ccc(C([2H])([2H])[2H])nc12. The van der Waals surface area contributed by atoms with Crippen LogP contribution in [0, 0.1) is 13.7 Å². The smallest absolute Gasteiger partial charge is 0.626 e. The molecule has 0 aliphatic rings. The summed E-state index contributed by atoms with van der Waals surface area (Å²) in [6.45, 7) is -4.80. The molecule has 0 aliphatic heterocycles. The van der Waals surface area contributed by atoms with Crippen LogP contribution in [-0.4, -0.2) is 41.7 Å². The third-order valence-electron chi connectivity index (χ3n) is 3.68. The second-order valence-corrected chi connectivity index (χ2v) is 7.39. The highest BCUT2D eigenvalue weighted by atomic mass is 27.3. The van der Waals surface area contributed by atoms with Crippen LogP contribution >= 0.6 is 0 Å². The summed E-state index contributed by atoms with van der Waals surface area (Å²) in [6.07, 6.45) is 0. The predicted molar refractivity (Wildman–Crippen MR) is 107 cm³/mol. The van der Waals surface area contributed by atoms with Crippen molar-refractivity contribution in [3.05, 3.63) is 72.0 Å². The zero-order chi connectivity index (χ0) is 25.4. The molecule has 5 nitrogen and oxygen atoms in total. The highest BCUT2D eigenvalue weighted by Gasteiger charge is 2.12. The van der Waals surface area contributed by atoms with Crippen LogP contribution in [0.1, 0.15) is 22.4 Å². The van der Waals surface area contributed by atoms with Crippen molar-refractivity contribution in [2.45, 2.75) is 13.7 Å². The third kappa shape index (κ3) is 4.25. The summed E-state index contributed by atoms with van der Waals surface area (Å²) < 4.78 is 78.5. The van der Waals surface area contributed by atoms with Gasteiger partial charge in [-0.25, -0.2) is 9.97 Å². The summed E-state index contributed by atoms with van der Waals surface area (Å²) in [5.41, 5.74) is 0.297. The summed E-state index contributed by atoms with van der Waals surface area (Å²) in [6, 6.07) is 12.5. The zero-order valence-corrected chi connectivity index (χ0v) is 16.2. The van der Waals surface area contributed by atoms with E-state index in [0.29, 0.717) is 10.8 Å². The van der Waals surface area contributed by atoms with E-state index in [4.69, 9.17) is 21.4 Å². The molecular formula is C20H16Al2N2O3. The normalized spacial score (nSPS) is 16.0. The van der Waals surface area contributed by atoms with Crippen LogP contribution in [-0.2, 0) is 2.84 Å². The zero-order valence-electron chi connectivity index (χ0n) is 21.9. The van der Waals surface area contributed by atoms with Crippen molar-refractivity contribution in [3.63, 3.8) is 0 Å². The Morgan fingerprint density at radius 2 is 1.30 bits per heavy atom. The van der Waals surface area contributed by atoms with E-state index in [9.17, 15) is 0 Å². The van der Waals surface area contributed by atoms with Crippen LogP contribution in [0.15, 0.2) is 60.6 Å². The van der Waals surface area contributed by atoms with Crippen molar-refractivity contribution in [2.75, 3.05) is 0 Å². The van der Waals surface area contributed by atoms with Crippen LogP contribution in [0.3, 0.4) is 0 Å². The molecule has 0 N–H and O–H groups in total. The van der Waals surface area contributed by atoms with Crippen molar-refractivity contribution in [2.24, 2.45) is 0 Å². The number of aryl methyl sites for hydroxylation is 2. The summed E-state index contributed by atoms with van der Waals surface area (Å²) in [5, 5.41) is 1.25. The number of fused-ring (bicyclic) bond motifs is 2. The van der Waals surface area contributed by atoms with Gasteiger partial charge in [-0.15, -0.1) is 0 Å². The summed E-state index contributed by atoms with van der Waals surface area (Å²) in [5.74, 6) is 0.219. The second-order valence-electron chi connectivity index (χ2n) is 5.45. The summed E-state index contributed by atoms with van der Waals surface area (Å²) >= 11 is -2.31. The van der Waals surface area contributed by atoms with Crippen LogP contribution in [0.4, 0.5) is 0 Å². The highest BCUT2D eigenvalue weighted by molar-refractivity contribution is 6.35. The molecule has 2 heterocycles. The number of benzene rings is 2. The van der Waals surface area contributed by atoms with E-state index >= 15 is 0 Å². The summed E-state index contributed by atoms with van der Waals surface area (Å²) in [4.78, 5) is 8.35. The van der Waals surface area contributed by atoms with E-state index in [1.807, 2.05) is 0 Å². The molecule has 2 aromatic carbocycles. The number of pyridine rings is 2. The van der Waals surface area contributed by atoms with Gasteiger partial charge in [0, 0.05) is 30.4 Å². The first-order chi connectivity index (χ1) is 16.4. The van der Waals surface area contributed by atoms with Gasteiger partial charge in [-0.3, -0.25) is 0 Å². The Kier molecular flexibility index (Phi) is 3.38. The van der Waals surface area contributed by atoms with E-state index in [2.05, 4.69) is 9.97 Å². The Balaban J connectivity index is 1.48. The maximum Gasteiger partial charge on any atom is 0.743 e. The molecule has 0 spiro atoms. The van der Waals surface area contributed by atoms with Gasteiger partial charge in [0.2, 0.25) is 0 Å². The molecule has 2 radical (unpaired) electrons. The molecule has 0 fully saturated rings. The molecule has 27 heavy (non-hydrogen) atoms. The van der Waals surface area contributed by atoms with Crippen LogP contribution in [0.2, 0.25) is 0 Å². The van der Waals surface area contributed by atoms with Gasteiger partial charge in [-0.2, -0.15) is 0 Å². The number of rotatable bonds is 6. The Morgan fingerprint density at radius 1 is 0.778 bits per heavy atom. The lowest BCUT2D eigenvalue weighted by atomic mass is 10.2. The molecule has 0 aliphatic carbocycles. The van der Waals surface area contributed by atoms with Crippen LogP contribution in [0.25, 0.3) is 21.8 Å². The quantitative estimate of drug-likeness (QED) is 0.366. The lowest BCUT2D eigenvalue weighted by Crippen LogP contribution is -2.16. The standard InChI is InChI=1S/2C10H9NO.2Al.O/c2*1-7-5-6-8-3-2-4-9(12)10(8)11-7;;;/h2*2-6,12H,1H3;;;/q;;2*+1;/p-2/i2*1D3,4D;;;. The highest BCUT2D eigenvalue weighted by Crippen LogP contribution is 2.25. The van der Waals surface area contributed by atoms with E-state index in [0.717, 1.165) is 0 Å². The fourth-order valence-corrected chi connectivity index (χ4v) is 3.66. The maximum atomic E-state index is 8.13. The van der Waals surface area contributed by atoms with Crippen molar-refractivity contribution in [1.82, 2.24) is 9.97 Å². The first kappa shape index (κ1) is 11.0. The minimum absolute atomic E-state index is 0.0311. The van der Waals surface area contributed by atoms with E-state index in [1.165, 1.54) is 24.3 Å². The van der Waals surface area contributed by atoms with Crippen molar-refractivity contribution >= 4 is 53.6 Å². The molecule has 130 valence electrons. The average molecular weight is 394 g/mol. The maximum absolute atomic E-state index is 8.13. The third-order valence-corrected chi connectivity index (χ3v) is 5.23. The average Bonchev–Trinajstić information content (AvgIpc) is 2.79. The molecule has 0 saturated carbocycles. The topological polar surface area (TPSA) is 53.5 Å². The Morgan fingerprint density at radius 3 is 1.78 bits per heavy atom. The minimum Gasteiger partial charge on any atom is -0.626 e. The van der Waals surface area contributed by atoms with Gasteiger partial charge >= 0.3 is 31.8 Å². The molecule has 0 atom stereocenters. The number of nitrogens with zero attached hydrogens (tertiary/aromatic N) is 2. The van der Waals surface area contributed by atoms with Gasteiger partial charge < -0.3 is 10.4 Å². The fraction of sp³-hybridized carbons (Fsp3) is 0.100. The largest absolute Gasteiger partial charge is 0.743 e. The van der Waals surface area contributed by atoms with E-state index in [1.54, 1.807) is 24.3 Å². The van der Waals surface area contributed by atoms with Gasteiger partial charge in [-0.05, 0) is 37.9 Å². The van der Waals surface area contributed by atoms with Crippen molar-refractivity contribution in [1.29, 1.82) is 0 Å². The molecule has 7 heteroatoms. The Hall–Kier alpha value is -2.12. The van der Waals surface area contributed by atoms with E-state index in [-0.39, 0.29) is 46.0 Å². The lowest BCUT2D eigenvalue weighted by molar-refractivity contribution is 0.420. The van der Waals surface area contributed by atoms with Gasteiger partial charge in [0.25, 0.3) is 0 Å². The van der Waals surface area contributed by atoms with Crippen molar-refractivity contribution < 1.29 is 21.4 Å². The molecule has 0 bridgehead atoms. The Bertz CT molecular complexity index is 1290. The van der Waals surface area contributed by atoms with Crippen LogP contribution < -0.4 is 7.58 Å². The van der Waals surface area contributed by atoms with Gasteiger partial charge in [0.05, 0.1) is 2.74 Å². The minimum atomic E-state index is -2.40. The monoisotopic (exact) mass is 394 g/mol. The van der Waals surface area contributed by atoms with Gasteiger partial charge in [0.15, 0.2) is 0 Å². The number of aromatic nitrogens is 2. The second kappa shape index (κ2) is 8.27. The Labute approximate surface area is 182 Å². The first-order valence-electron chi connectivity index (χ1n) is 11.9.